The first-order chi connectivity index (χ1) is 10.4. The molecule has 1 aliphatic heterocycles. The molecule has 1 fully saturated rings. The Balaban J connectivity index is 2.14. The van der Waals surface area contributed by atoms with E-state index in [1.807, 2.05) is 18.2 Å². The van der Waals surface area contributed by atoms with Gasteiger partial charge in [-0.05, 0) is 12.6 Å². The van der Waals surface area contributed by atoms with E-state index in [1.54, 1.807) is 7.11 Å². The van der Waals surface area contributed by atoms with E-state index in [9.17, 15) is 0 Å². The quantitative estimate of drug-likeness (QED) is 0.741. The Labute approximate surface area is 126 Å². The van der Waals surface area contributed by atoms with Crippen LogP contribution in [0.3, 0.4) is 0 Å². The zero-order chi connectivity index (χ0) is 14.9. The lowest BCUT2D eigenvalue weighted by Gasteiger charge is -2.32. The number of hydrogen-bond acceptors (Lipinski definition) is 5. The zero-order valence-corrected chi connectivity index (χ0v) is 12.8. The molecule has 118 valence electrons. The zero-order valence-electron chi connectivity index (χ0n) is 12.8. The highest BCUT2D eigenvalue weighted by atomic mass is 16.6. The Morgan fingerprint density at radius 3 is 2.86 bits per heavy atom. The summed E-state index contributed by atoms with van der Waals surface area (Å²) in [5, 5.41) is 3.48. The van der Waals surface area contributed by atoms with E-state index in [2.05, 4.69) is 18.3 Å². The maximum atomic E-state index is 5.86. The summed E-state index contributed by atoms with van der Waals surface area (Å²) in [5.41, 5.74) is 1.10. The normalized spacial score (nSPS) is 20.2. The number of benzene rings is 1. The van der Waals surface area contributed by atoms with E-state index in [1.165, 1.54) is 0 Å². The first-order valence-electron chi connectivity index (χ1n) is 7.50. The van der Waals surface area contributed by atoms with Crippen molar-refractivity contribution in [2.45, 2.75) is 19.1 Å². The minimum Gasteiger partial charge on any atom is -0.491 e. The van der Waals surface area contributed by atoms with Crippen LogP contribution in [-0.2, 0) is 14.2 Å². The van der Waals surface area contributed by atoms with Gasteiger partial charge in [0.05, 0.1) is 32.5 Å². The Kier molecular flexibility index (Phi) is 6.95. The molecule has 1 heterocycles. The summed E-state index contributed by atoms with van der Waals surface area (Å²) >= 11 is 0. The number of likely N-dealkylation sites (N-methyl/N-ethyl adjacent to an activating group) is 1. The molecular formula is C16H25NO4. The molecule has 1 aliphatic rings. The molecule has 0 aromatic heterocycles. The van der Waals surface area contributed by atoms with E-state index < -0.39 is 0 Å². The van der Waals surface area contributed by atoms with Gasteiger partial charge in [0, 0.05) is 12.7 Å². The standard InChI is InChI=1S/C16H25NO4/c1-3-17-16(15-12-19-9-11-21-15)13-6-4-5-7-14(13)20-10-8-18-2/h4-7,15-17H,3,8-12H2,1-2H3. The molecule has 1 aromatic carbocycles. The van der Waals surface area contributed by atoms with Gasteiger partial charge in [-0.15, -0.1) is 0 Å². The summed E-state index contributed by atoms with van der Waals surface area (Å²) in [5.74, 6) is 0.870. The van der Waals surface area contributed by atoms with E-state index in [-0.39, 0.29) is 12.1 Å². The Morgan fingerprint density at radius 1 is 1.29 bits per heavy atom. The molecule has 0 amide bonds. The molecule has 5 nitrogen and oxygen atoms in total. The van der Waals surface area contributed by atoms with Gasteiger partial charge in [-0.3, -0.25) is 0 Å². The number of methoxy groups -OCH3 is 1. The van der Waals surface area contributed by atoms with Crippen LogP contribution in [0.5, 0.6) is 5.75 Å². The molecule has 1 aromatic rings. The maximum Gasteiger partial charge on any atom is 0.124 e. The molecule has 0 radical (unpaired) electrons. The van der Waals surface area contributed by atoms with E-state index in [0.29, 0.717) is 33.0 Å². The maximum absolute atomic E-state index is 5.86. The van der Waals surface area contributed by atoms with Crippen molar-refractivity contribution < 1.29 is 18.9 Å². The lowest BCUT2D eigenvalue weighted by molar-refractivity contribution is -0.102. The average Bonchev–Trinajstić information content (AvgIpc) is 2.54. The minimum absolute atomic E-state index is 0.00544. The molecule has 5 heteroatoms. The van der Waals surface area contributed by atoms with Crippen LogP contribution in [0.25, 0.3) is 0 Å². The first-order valence-corrected chi connectivity index (χ1v) is 7.50. The van der Waals surface area contributed by atoms with Crippen molar-refractivity contribution in [3.63, 3.8) is 0 Å². The molecule has 2 atom stereocenters. The number of ether oxygens (including phenoxy) is 4. The van der Waals surface area contributed by atoms with Crippen molar-refractivity contribution in [1.29, 1.82) is 0 Å². The molecule has 1 saturated heterocycles. The van der Waals surface area contributed by atoms with Crippen LogP contribution in [0.2, 0.25) is 0 Å². The molecule has 0 spiro atoms. The Morgan fingerprint density at radius 2 is 2.14 bits per heavy atom. The van der Waals surface area contributed by atoms with Crippen molar-refractivity contribution in [1.82, 2.24) is 5.32 Å². The third kappa shape index (κ3) is 4.68. The van der Waals surface area contributed by atoms with Crippen LogP contribution < -0.4 is 10.1 Å². The highest BCUT2D eigenvalue weighted by molar-refractivity contribution is 5.36. The lowest BCUT2D eigenvalue weighted by atomic mass is 10.00. The predicted molar refractivity (Wildman–Crippen MR) is 80.8 cm³/mol. The molecule has 0 bridgehead atoms. The second-order valence-corrected chi connectivity index (χ2v) is 4.90. The van der Waals surface area contributed by atoms with Crippen LogP contribution in [0.1, 0.15) is 18.5 Å². The van der Waals surface area contributed by atoms with Gasteiger partial charge in [0.2, 0.25) is 0 Å². The van der Waals surface area contributed by atoms with Crippen LogP contribution >= 0.6 is 0 Å². The van der Waals surface area contributed by atoms with Gasteiger partial charge in [-0.2, -0.15) is 0 Å². The first kappa shape index (κ1) is 16.2. The minimum atomic E-state index is 0.00544. The van der Waals surface area contributed by atoms with Gasteiger partial charge in [-0.25, -0.2) is 0 Å². The summed E-state index contributed by atoms with van der Waals surface area (Å²) in [6, 6.07) is 8.13. The molecule has 2 rings (SSSR count). The molecule has 0 aliphatic carbocycles. The van der Waals surface area contributed by atoms with Gasteiger partial charge in [0.15, 0.2) is 0 Å². The molecule has 2 unspecified atom stereocenters. The third-order valence-corrected chi connectivity index (χ3v) is 3.44. The van der Waals surface area contributed by atoms with Gasteiger partial charge >= 0.3 is 0 Å². The highest BCUT2D eigenvalue weighted by Gasteiger charge is 2.28. The van der Waals surface area contributed by atoms with Gasteiger partial charge in [0.1, 0.15) is 18.5 Å². The number of nitrogens with one attached hydrogen (secondary N) is 1. The van der Waals surface area contributed by atoms with Gasteiger partial charge < -0.3 is 24.3 Å². The molecule has 1 N–H and O–H groups in total. The van der Waals surface area contributed by atoms with Crippen LogP contribution in [0, 0.1) is 0 Å². The molecule has 0 saturated carbocycles. The number of hydrogen-bond donors (Lipinski definition) is 1. The summed E-state index contributed by atoms with van der Waals surface area (Å²) in [4.78, 5) is 0. The van der Waals surface area contributed by atoms with E-state index in [0.717, 1.165) is 17.9 Å². The second-order valence-electron chi connectivity index (χ2n) is 4.90. The predicted octanol–water partition coefficient (Wildman–Crippen LogP) is 1.78. The van der Waals surface area contributed by atoms with E-state index >= 15 is 0 Å². The van der Waals surface area contributed by atoms with Crippen LogP contribution in [0.15, 0.2) is 24.3 Å². The smallest absolute Gasteiger partial charge is 0.124 e. The van der Waals surface area contributed by atoms with Gasteiger partial charge in [-0.1, -0.05) is 25.1 Å². The monoisotopic (exact) mass is 295 g/mol. The molecular weight excluding hydrogens is 270 g/mol. The summed E-state index contributed by atoms with van der Waals surface area (Å²) in [7, 11) is 1.67. The average molecular weight is 295 g/mol. The summed E-state index contributed by atoms with van der Waals surface area (Å²) < 4.78 is 22.3. The second kappa shape index (κ2) is 9.00. The summed E-state index contributed by atoms with van der Waals surface area (Å²) in [6.45, 7) is 5.96. The fourth-order valence-electron chi connectivity index (χ4n) is 2.46. The van der Waals surface area contributed by atoms with Crippen molar-refractivity contribution >= 4 is 0 Å². The van der Waals surface area contributed by atoms with Crippen molar-refractivity contribution in [2.75, 3.05) is 46.7 Å². The number of para-hydroxylation sites is 1. The van der Waals surface area contributed by atoms with Crippen molar-refractivity contribution in [3.05, 3.63) is 29.8 Å². The van der Waals surface area contributed by atoms with Crippen LogP contribution in [0.4, 0.5) is 0 Å². The van der Waals surface area contributed by atoms with Crippen molar-refractivity contribution in [2.24, 2.45) is 0 Å². The lowest BCUT2D eigenvalue weighted by Crippen LogP contribution is -2.40. The third-order valence-electron chi connectivity index (χ3n) is 3.44. The van der Waals surface area contributed by atoms with E-state index in [4.69, 9.17) is 18.9 Å². The van der Waals surface area contributed by atoms with Gasteiger partial charge in [0.25, 0.3) is 0 Å². The number of rotatable bonds is 8. The Bertz CT molecular complexity index is 407. The molecule has 21 heavy (non-hydrogen) atoms. The SMILES string of the molecule is CCNC(c1ccccc1OCCOC)C1COCCO1. The topological polar surface area (TPSA) is 49.0 Å². The largest absolute Gasteiger partial charge is 0.491 e. The van der Waals surface area contributed by atoms with Crippen molar-refractivity contribution in [3.8, 4) is 5.75 Å². The fraction of sp³-hybridized carbons (Fsp3) is 0.625. The fourth-order valence-corrected chi connectivity index (χ4v) is 2.46. The highest BCUT2D eigenvalue weighted by Crippen LogP contribution is 2.29. The summed E-state index contributed by atoms with van der Waals surface area (Å²) in [6.07, 6.45) is 0.00544. The Hall–Kier alpha value is -1.14. The van der Waals surface area contributed by atoms with Crippen LogP contribution in [-0.4, -0.2) is 52.8 Å².